The molecule has 3 N–H and O–H groups in total. The molecule has 0 bridgehead atoms. The largest absolute Gasteiger partial charge is 0.366 e. The maximum Gasteiger partial charge on any atom is 0.251 e. The minimum Gasteiger partial charge on any atom is -0.366 e. The topological polar surface area (TPSA) is 109 Å². The van der Waals surface area contributed by atoms with E-state index in [1.807, 2.05) is 6.07 Å². The lowest BCUT2D eigenvalue weighted by atomic mass is 9.90. The van der Waals surface area contributed by atoms with Gasteiger partial charge in [-0.2, -0.15) is 5.10 Å². The van der Waals surface area contributed by atoms with Gasteiger partial charge in [-0.1, -0.05) is 12.1 Å². The molecule has 1 amide bonds. The van der Waals surface area contributed by atoms with E-state index < -0.39 is 15.9 Å². The van der Waals surface area contributed by atoms with E-state index in [4.69, 9.17) is 5.73 Å². The molecule has 0 spiro atoms. The number of rotatable bonds is 5. The fraction of sp³-hybridized carbons (Fsp3) is 0.333. The third-order valence-electron chi connectivity index (χ3n) is 5.75. The second-order valence-corrected chi connectivity index (χ2v) is 9.76. The number of piperidine rings is 1. The van der Waals surface area contributed by atoms with E-state index in [0.717, 1.165) is 22.2 Å². The molecule has 1 saturated heterocycles. The molecule has 1 aromatic heterocycles. The summed E-state index contributed by atoms with van der Waals surface area (Å²) in [6.45, 7) is 2.54. The molecule has 0 radical (unpaired) electrons. The third-order valence-corrected chi connectivity index (χ3v) is 7.63. The fourth-order valence-corrected chi connectivity index (χ4v) is 5.18. The van der Waals surface area contributed by atoms with Crippen molar-refractivity contribution >= 4 is 26.8 Å². The smallest absolute Gasteiger partial charge is 0.251 e. The molecule has 1 aliphatic rings. The van der Waals surface area contributed by atoms with Crippen molar-refractivity contribution in [2.75, 3.05) is 18.8 Å². The quantitative estimate of drug-likeness (QED) is 0.648. The lowest BCUT2D eigenvalue weighted by Crippen LogP contribution is -2.38. The Labute approximate surface area is 174 Å². The number of primary amides is 1. The molecule has 0 aliphatic carbocycles. The van der Waals surface area contributed by atoms with E-state index in [0.29, 0.717) is 37.0 Å². The van der Waals surface area contributed by atoms with E-state index in [2.05, 4.69) is 10.2 Å². The molecule has 0 saturated carbocycles. The van der Waals surface area contributed by atoms with E-state index in [1.54, 1.807) is 25.1 Å². The van der Waals surface area contributed by atoms with Crippen molar-refractivity contribution < 1.29 is 17.6 Å². The Morgan fingerprint density at radius 2 is 1.87 bits per heavy atom. The number of aromatic nitrogens is 2. The Balaban J connectivity index is 1.73. The number of nitrogens with two attached hydrogens (primary N) is 1. The molecule has 0 unspecified atom stereocenters. The van der Waals surface area contributed by atoms with Crippen molar-refractivity contribution in [1.29, 1.82) is 0 Å². The van der Waals surface area contributed by atoms with Crippen LogP contribution in [0.25, 0.3) is 22.0 Å². The number of carbonyl (C=O) groups is 1. The Morgan fingerprint density at radius 1 is 1.20 bits per heavy atom. The molecule has 0 atom stereocenters. The average molecular weight is 431 g/mol. The summed E-state index contributed by atoms with van der Waals surface area (Å²) in [6, 6.07) is 9.61. The molecule has 1 aliphatic heterocycles. The zero-order valence-corrected chi connectivity index (χ0v) is 17.4. The maximum absolute atomic E-state index is 13.3. The van der Waals surface area contributed by atoms with Crippen LogP contribution in [-0.4, -0.2) is 47.7 Å². The van der Waals surface area contributed by atoms with Crippen LogP contribution in [0.3, 0.4) is 0 Å². The van der Waals surface area contributed by atoms with Gasteiger partial charge in [0.05, 0.1) is 11.3 Å². The van der Waals surface area contributed by atoms with Gasteiger partial charge in [-0.25, -0.2) is 17.1 Å². The van der Waals surface area contributed by atoms with Gasteiger partial charge in [0.2, 0.25) is 10.0 Å². The van der Waals surface area contributed by atoms with Gasteiger partial charge < -0.3 is 5.73 Å². The Kier molecular flexibility index (Phi) is 5.33. The van der Waals surface area contributed by atoms with Crippen LogP contribution in [0.4, 0.5) is 4.39 Å². The van der Waals surface area contributed by atoms with Crippen molar-refractivity contribution in [3.05, 3.63) is 53.5 Å². The Hall–Kier alpha value is -2.78. The van der Waals surface area contributed by atoms with Crippen LogP contribution in [0, 0.1) is 5.82 Å². The summed E-state index contributed by atoms with van der Waals surface area (Å²) in [4.78, 5) is 12.1. The summed E-state index contributed by atoms with van der Waals surface area (Å²) in [6.07, 6.45) is 1.31. The van der Waals surface area contributed by atoms with Crippen LogP contribution in [0.15, 0.2) is 36.4 Å². The van der Waals surface area contributed by atoms with Gasteiger partial charge in [-0.15, -0.1) is 0 Å². The summed E-state index contributed by atoms with van der Waals surface area (Å²) in [5.41, 5.74) is 8.75. The first kappa shape index (κ1) is 20.5. The highest BCUT2D eigenvalue weighted by atomic mass is 32.2. The SMILES string of the molecule is CCS(=O)(=O)N1CCC(c2[nH]nc3c(C(N)=O)cc(-c4ccc(F)cc4)cc23)CC1. The highest BCUT2D eigenvalue weighted by molar-refractivity contribution is 7.89. The molecule has 2 heterocycles. The number of carbonyl (C=O) groups excluding carboxylic acids is 1. The third kappa shape index (κ3) is 3.70. The van der Waals surface area contributed by atoms with Crippen LogP contribution in [0.5, 0.6) is 0 Å². The first-order valence-corrected chi connectivity index (χ1v) is 11.5. The highest BCUT2D eigenvalue weighted by Crippen LogP contribution is 2.35. The standard InChI is InChI=1S/C21H23FN4O3S/c1-2-30(28,29)26-9-7-14(8-10-26)19-17-11-15(13-3-5-16(22)6-4-13)12-18(21(23)27)20(17)25-24-19/h3-6,11-12,14H,2,7-10H2,1H3,(H2,23,27)(H,24,25). The number of nitrogens with one attached hydrogen (secondary N) is 1. The zero-order valence-electron chi connectivity index (χ0n) is 16.6. The molecule has 1 fully saturated rings. The van der Waals surface area contributed by atoms with Gasteiger partial charge >= 0.3 is 0 Å². The Morgan fingerprint density at radius 3 is 2.47 bits per heavy atom. The van der Waals surface area contributed by atoms with Crippen LogP contribution < -0.4 is 5.73 Å². The van der Waals surface area contributed by atoms with Crippen LogP contribution in [0.1, 0.15) is 41.7 Å². The summed E-state index contributed by atoms with van der Waals surface area (Å²) >= 11 is 0. The molecule has 2 aromatic carbocycles. The molecule has 158 valence electrons. The Bertz CT molecular complexity index is 1200. The lowest BCUT2D eigenvalue weighted by molar-refractivity contribution is 0.100. The molecular formula is C21H23FN4O3S. The summed E-state index contributed by atoms with van der Waals surface area (Å²) in [5, 5.41) is 8.16. The maximum atomic E-state index is 13.3. The molecule has 30 heavy (non-hydrogen) atoms. The van der Waals surface area contributed by atoms with E-state index in [1.165, 1.54) is 16.4 Å². The monoisotopic (exact) mass is 430 g/mol. The van der Waals surface area contributed by atoms with Gasteiger partial charge in [0.15, 0.2) is 0 Å². The fourth-order valence-electron chi connectivity index (χ4n) is 4.05. The van der Waals surface area contributed by atoms with E-state index in [9.17, 15) is 17.6 Å². The summed E-state index contributed by atoms with van der Waals surface area (Å²) in [5.74, 6) is -0.755. The molecule has 3 aromatic rings. The number of H-pyrrole nitrogens is 1. The van der Waals surface area contributed by atoms with Crippen molar-refractivity contribution in [3.63, 3.8) is 0 Å². The number of amides is 1. The second-order valence-electron chi connectivity index (χ2n) is 7.50. The first-order valence-electron chi connectivity index (χ1n) is 9.85. The number of sulfonamides is 1. The van der Waals surface area contributed by atoms with Crippen LogP contribution in [0.2, 0.25) is 0 Å². The lowest BCUT2D eigenvalue weighted by Gasteiger charge is -2.30. The minimum absolute atomic E-state index is 0.0856. The summed E-state index contributed by atoms with van der Waals surface area (Å²) < 4.78 is 39.1. The van der Waals surface area contributed by atoms with Crippen molar-refractivity contribution in [2.45, 2.75) is 25.7 Å². The van der Waals surface area contributed by atoms with Gasteiger partial charge in [0.25, 0.3) is 5.91 Å². The summed E-state index contributed by atoms with van der Waals surface area (Å²) in [7, 11) is -3.20. The van der Waals surface area contributed by atoms with Gasteiger partial charge in [-0.05, 0) is 55.2 Å². The van der Waals surface area contributed by atoms with Crippen molar-refractivity contribution in [2.24, 2.45) is 5.73 Å². The number of nitrogens with zero attached hydrogens (tertiary/aromatic N) is 2. The van der Waals surface area contributed by atoms with Crippen molar-refractivity contribution in [1.82, 2.24) is 14.5 Å². The number of aromatic amines is 1. The van der Waals surface area contributed by atoms with Crippen LogP contribution in [-0.2, 0) is 10.0 Å². The average Bonchev–Trinajstić information content (AvgIpc) is 3.17. The predicted octanol–water partition coefficient (Wildman–Crippen LogP) is 3.00. The van der Waals surface area contributed by atoms with Crippen LogP contribution >= 0.6 is 0 Å². The minimum atomic E-state index is -3.20. The van der Waals surface area contributed by atoms with Crippen molar-refractivity contribution in [3.8, 4) is 11.1 Å². The van der Waals surface area contributed by atoms with E-state index in [-0.39, 0.29) is 17.5 Å². The number of hydrogen-bond acceptors (Lipinski definition) is 4. The second kappa shape index (κ2) is 7.81. The first-order chi connectivity index (χ1) is 14.3. The normalized spacial score (nSPS) is 16.2. The zero-order chi connectivity index (χ0) is 21.5. The van der Waals surface area contributed by atoms with E-state index >= 15 is 0 Å². The van der Waals surface area contributed by atoms with Gasteiger partial charge in [0.1, 0.15) is 11.3 Å². The molecule has 7 nitrogen and oxygen atoms in total. The number of fused-ring (bicyclic) bond motifs is 1. The predicted molar refractivity (Wildman–Crippen MR) is 113 cm³/mol. The molecule has 4 rings (SSSR count). The molecular weight excluding hydrogens is 407 g/mol. The van der Waals surface area contributed by atoms with Gasteiger partial charge in [0, 0.05) is 30.1 Å². The number of hydrogen-bond donors (Lipinski definition) is 2. The number of benzene rings is 2. The molecule has 9 heteroatoms. The highest BCUT2D eigenvalue weighted by Gasteiger charge is 2.29. The number of halogens is 1. The van der Waals surface area contributed by atoms with Gasteiger partial charge in [-0.3, -0.25) is 9.89 Å².